The molecular formula is C15H23N3O2. The monoisotopic (exact) mass is 277 g/mol. The molecular weight excluding hydrogens is 254 g/mol. The molecule has 20 heavy (non-hydrogen) atoms. The van der Waals surface area contributed by atoms with E-state index < -0.39 is 0 Å². The van der Waals surface area contributed by atoms with Crippen molar-refractivity contribution in [2.75, 3.05) is 7.05 Å². The van der Waals surface area contributed by atoms with Crippen LogP contribution in [0, 0.1) is 5.92 Å². The number of amidine groups is 1. The van der Waals surface area contributed by atoms with Gasteiger partial charge in [0.2, 0.25) is 5.91 Å². The number of carbonyl (C=O) groups is 1. The van der Waals surface area contributed by atoms with Crippen LogP contribution in [0.3, 0.4) is 0 Å². The third-order valence-electron chi connectivity index (χ3n) is 3.27. The van der Waals surface area contributed by atoms with E-state index in [4.69, 9.17) is 10.9 Å². The number of benzene rings is 1. The Morgan fingerprint density at radius 3 is 2.80 bits per heavy atom. The van der Waals surface area contributed by atoms with Gasteiger partial charge in [-0.25, -0.2) is 0 Å². The molecule has 1 amide bonds. The SMILES string of the molecule is CCCC(C)C(=O)N(C)Cc1cccc(C(N)=NO)c1. The van der Waals surface area contributed by atoms with Crippen LogP contribution in [0.1, 0.15) is 37.8 Å². The number of hydrogen-bond donors (Lipinski definition) is 2. The van der Waals surface area contributed by atoms with Gasteiger partial charge in [-0.15, -0.1) is 0 Å². The Kier molecular flexibility index (Phi) is 6.03. The predicted molar refractivity (Wildman–Crippen MR) is 79.5 cm³/mol. The van der Waals surface area contributed by atoms with Crippen LogP contribution in [0.4, 0.5) is 0 Å². The van der Waals surface area contributed by atoms with Crippen molar-refractivity contribution in [1.82, 2.24) is 4.90 Å². The summed E-state index contributed by atoms with van der Waals surface area (Å²) in [6.07, 6.45) is 1.90. The maximum absolute atomic E-state index is 12.1. The second-order valence-electron chi connectivity index (χ2n) is 5.07. The molecule has 1 aromatic carbocycles. The molecule has 0 aromatic heterocycles. The van der Waals surface area contributed by atoms with Crippen molar-refractivity contribution >= 4 is 11.7 Å². The molecule has 0 saturated heterocycles. The van der Waals surface area contributed by atoms with Gasteiger partial charge in [-0.1, -0.05) is 43.6 Å². The second-order valence-corrected chi connectivity index (χ2v) is 5.07. The smallest absolute Gasteiger partial charge is 0.225 e. The minimum atomic E-state index is 0.0391. The Hall–Kier alpha value is -2.04. The first-order valence-electron chi connectivity index (χ1n) is 6.81. The number of rotatable bonds is 6. The van der Waals surface area contributed by atoms with Gasteiger partial charge in [0.1, 0.15) is 0 Å². The lowest BCUT2D eigenvalue weighted by Crippen LogP contribution is -2.31. The van der Waals surface area contributed by atoms with Crippen molar-refractivity contribution in [3.05, 3.63) is 35.4 Å². The molecule has 0 aliphatic heterocycles. The molecule has 3 N–H and O–H groups in total. The van der Waals surface area contributed by atoms with Crippen LogP contribution in [-0.4, -0.2) is 28.9 Å². The lowest BCUT2D eigenvalue weighted by molar-refractivity contribution is -0.134. The fourth-order valence-corrected chi connectivity index (χ4v) is 2.17. The maximum atomic E-state index is 12.1. The minimum Gasteiger partial charge on any atom is -0.409 e. The Morgan fingerprint density at radius 1 is 1.50 bits per heavy atom. The second kappa shape index (κ2) is 7.53. The number of hydrogen-bond acceptors (Lipinski definition) is 3. The summed E-state index contributed by atoms with van der Waals surface area (Å²) in [5, 5.41) is 11.7. The van der Waals surface area contributed by atoms with Gasteiger partial charge in [0.05, 0.1) is 0 Å². The molecule has 5 nitrogen and oxygen atoms in total. The molecule has 1 aromatic rings. The molecule has 1 atom stereocenters. The van der Waals surface area contributed by atoms with E-state index in [1.807, 2.05) is 25.1 Å². The fraction of sp³-hybridized carbons (Fsp3) is 0.467. The van der Waals surface area contributed by atoms with E-state index in [2.05, 4.69) is 12.1 Å². The number of nitrogens with two attached hydrogens (primary N) is 1. The van der Waals surface area contributed by atoms with Gasteiger partial charge >= 0.3 is 0 Å². The summed E-state index contributed by atoms with van der Waals surface area (Å²) in [6.45, 7) is 4.54. The number of carbonyl (C=O) groups excluding carboxylic acids is 1. The van der Waals surface area contributed by atoms with E-state index in [0.29, 0.717) is 12.1 Å². The average molecular weight is 277 g/mol. The molecule has 0 bridgehead atoms. The number of nitrogens with zero attached hydrogens (tertiary/aromatic N) is 2. The summed E-state index contributed by atoms with van der Waals surface area (Å²) in [5.41, 5.74) is 7.16. The highest BCUT2D eigenvalue weighted by atomic mass is 16.4. The van der Waals surface area contributed by atoms with Crippen molar-refractivity contribution in [3.8, 4) is 0 Å². The molecule has 0 aliphatic carbocycles. The van der Waals surface area contributed by atoms with Crippen molar-refractivity contribution in [3.63, 3.8) is 0 Å². The van der Waals surface area contributed by atoms with Crippen LogP contribution in [0.2, 0.25) is 0 Å². The van der Waals surface area contributed by atoms with E-state index in [1.54, 1.807) is 18.0 Å². The number of amides is 1. The lowest BCUT2D eigenvalue weighted by Gasteiger charge is -2.21. The first-order chi connectivity index (χ1) is 9.49. The summed E-state index contributed by atoms with van der Waals surface area (Å²) >= 11 is 0. The molecule has 0 saturated carbocycles. The molecule has 5 heteroatoms. The number of oxime groups is 1. The molecule has 0 aliphatic rings. The summed E-state index contributed by atoms with van der Waals surface area (Å²) < 4.78 is 0. The van der Waals surface area contributed by atoms with E-state index in [9.17, 15) is 4.79 Å². The Morgan fingerprint density at radius 2 is 2.20 bits per heavy atom. The summed E-state index contributed by atoms with van der Waals surface area (Å²) in [6, 6.07) is 7.34. The highest BCUT2D eigenvalue weighted by Crippen LogP contribution is 2.12. The van der Waals surface area contributed by atoms with E-state index in [1.165, 1.54) is 0 Å². The van der Waals surface area contributed by atoms with E-state index >= 15 is 0 Å². The Labute approximate surface area is 120 Å². The summed E-state index contributed by atoms with van der Waals surface area (Å²) in [7, 11) is 1.80. The zero-order valence-corrected chi connectivity index (χ0v) is 12.3. The van der Waals surface area contributed by atoms with Crippen LogP contribution in [0.15, 0.2) is 29.4 Å². The quantitative estimate of drug-likeness (QED) is 0.362. The van der Waals surface area contributed by atoms with Crippen LogP contribution >= 0.6 is 0 Å². The van der Waals surface area contributed by atoms with Crippen LogP contribution in [0.25, 0.3) is 0 Å². The minimum absolute atomic E-state index is 0.0391. The molecule has 0 heterocycles. The summed E-state index contributed by atoms with van der Waals surface area (Å²) in [4.78, 5) is 13.9. The fourth-order valence-electron chi connectivity index (χ4n) is 2.17. The largest absolute Gasteiger partial charge is 0.409 e. The van der Waals surface area contributed by atoms with Crippen LogP contribution in [-0.2, 0) is 11.3 Å². The topological polar surface area (TPSA) is 78.9 Å². The first-order valence-corrected chi connectivity index (χ1v) is 6.81. The van der Waals surface area contributed by atoms with Crippen LogP contribution < -0.4 is 5.73 Å². The highest BCUT2D eigenvalue weighted by molar-refractivity contribution is 5.97. The summed E-state index contributed by atoms with van der Waals surface area (Å²) in [5.74, 6) is 0.249. The molecule has 1 rings (SSSR count). The van der Waals surface area contributed by atoms with Gasteiger partial charge in [-0.05, 0) is 18.1 Å². The van der Waals surface area contributed by atoms with Gasteiger partial charge in [-0.3, -0.25) is 4.79 Å². The Balaban J connectivity index is 2.75. The van der Waals surface area contributed by atoms with Crippen molar-refractivity contribution in [2.45, 2.75) is 33.2 Å². The Bertz CT molecular complexity index is 486. The third-order valence-corrected chi connectivity index (χ3v) is 3.27. The van der Waals surface area contributed by atoms with Crippen molar-refractivity contribution in [2.24, 2.45) is 16.8 Å². The van der Waals surface area contributed by atoms with Gasteiger partial charge in [-0.2, -0.15) is 0 Å². The van der Waals surface area contributed by atoms with E-state index in [0.717, 1.165) is 18.4 Å². The third kappa shape index (κ3) is 4.26. The van der Waals surface area contributed by atoms with Gasteiger partial charge in [0, 0.05) is 25.1 Å². The average Bonchev–Trinajstić information content (AvgIpc) is 2.46. The van der Waals surface area contributed by atoms with Gasteiger partial charge in [0.25, 0.3) is 0 Å². The normalized spacial score (nSPS) is 13.1. The van der Waals surface area contributed by atoms with Crippen LogP contribution in [0.5, 0.6) is 0 Å². The molecule has 110 valence electrons. The molecule has 1 unspecified atom stereocenters. The highest BCUT2D eigenvalue weighted by Gasteiger charge is 2.16. The zero-order chi connectivity index (χ0) is 15.1. The first kappa shape index (κ1) is 16.0. The predicted octanol–water partition coefficient (Wildman–Crippen LogP) is 2.18. The standard InChI is InChI=1S/C15H23N3O2/c1-4-6-11(2)15(19)18(3)10-12-7-5-8-13(9-12)14(16)17-20/h5,7-9,11,20H,4,6,10H2,1-3H3,(H2,16,17). The van der Waals surface area contributed by atoms with Crippen molar-refractivity contribution < 1.29 is 10.0 Å². The van der Waals surface area contributed by atoms with E-state index in [-0.39, 0.29) is 17.7 Å². The van der Waals surface area contributed by atoms with Gasteiger partial charge in [0.15, 0.2) is 5.84 Å². The van der Waals surface area contributed by atoms with Crippen molar-refractivity contribution in [1.29, 1.82) is 0 Å². The molecule has 0 fully saturated rings. The maximum Gasteiger partial charge on any atom is 0.225 e. The van der Waals surface area contributed by atoms with Gasteiger partial charge < -0.3 is 15.8 Å². The molecule has 0 radical (unpaired) electrons. The molecule has 0 spiro atoms. The zero-order valence-electron chi connectivity index (χ0n) is 12.3. The lowest BCUT2D eigenvalue weighted by atomic mass is 10.0.